The number of aryl methyl sites for hydroxylation is 2. The van der Waals surface area contributed by atoms with Gasteiger partial charge in [0.2, 0.25) is 5.91 Å². The van der Waals surface area contributed by atoms with Crippen molar-refractivity contribution in [2.75, 3.05) is 31.6 Å². The zero-order chi connectivity index (χ0) is 18.5. The lowest BCUT2D eigenvalue weighted by Gasteiger charge is -2.20. The number of aromatic amines is 1. The van der Waals surface area contributed by atoms with Crippen LogP contribution in [0, 0.1) is 13.8 Å². The summed E-state index contributed by atoms with van der Waals surface area (Å²) in [4.78, 5) is 23.2. The fourth-order valence-corrected chi connectivity index (χ4v) is 3.26. The second kappa shape index (κ2) is 8.27. The molecule has 1 amide bonds. The van der Waals surface area contributed by atoms with Gasteiger partial charge < -0.3 is 15.3 Å². The minimum atomic E-state index is 0.0511. The van der Waals surface area contributed by atoms with Crippen LogP contribution in [0.2, 0.25) is 0 Å². The molecule has 0 fully saturated rings. The van der Waals surface area contributed by atoms with Crippen molar-refractivity contribution >= 4 is 11.7 Å². The largest absolute Gasteiger partial charge is 0.395 e. The molecule has 8 nitrogen and oxygen atoms in total. The molecule has 1 aliphatic heterocycles. The van der Waals surface area contributed by atoms with Gasteiger partial charge in [-0.05, 0) is 25.8 Å². The number of aromatic nitrogens is 4. The first-order chi connectivity index (χ1) is 12.6. The Bertz CT molecular complexity index is 773. The number of aliphatic hydroxyl groups excluding tert-OH is 1. The molecule has 8 heteroatoms. The number of amides is 1. The molecule has 0 radical (unpaired) electrons. The van der Waals surface area contributed by atoms with Crippen LogP contribution in [0.1, 0.15) is 34.6 Å². The summed E-state index contributed by atoms with van der Waals surface area (Å²) in [5, 5.41) is 19.4. The molecule has 3 rings (SSSR count). The summed E-state index contributed by atoms with van der Waals surface area (Å²) in [5.74, 6) is 0.914. The smallest absolute Gasteiger partial charge is 0.222 e. The number of H-pyrrole nitrogens is 1. The minimum Gasteiger partial charge on any atom is -0.395 e. The molecule has 0 aliphatic carbocycles. The number of nitrogens with zero attached hydrogens (tertiary/aromatic N) is 4. The van der Waals surface area contributed by atoms with Gasteiger partial charge >= 0.3 is 0 Å². The zero-order valence-electron chi connectivity index (χ0n) is 15.4. The van der Waals surface area contributed by atoms with Crippen LogP contribution in [0.3, 0.4) is 0 Å². The molecule has 3 heterocycles. The van der Waals surface area contributed by atoms with Crippen LogP contribution in [0.25, 0.3) is 0 Å². The molecule has 0 bridgehead atoms. The lowest BCUT2D eigenvalue weighted by molar-refractivity contribution is -0.131. The predicted molar refractivity (Wildman–Crippen MR) is 98.0 cm³/mol. The third-order valence-corrected chi connectivity index (χ3v) is 4.97. The van der Waals surface area contributed by atoms with Crippen LogP contribution in [-0.2, 0) is 24.1 Å². The molecule has 3 N–H and O–H groups in total. The Hall–Kier alpha value is -2.48. The van der Waals surface area contributed by atoms with E-state index in [0.29, 0.717) is 32.5 Å². The predicted octanol–water partition coefficient (Wildman–Crippen LogP) is 0.781. The quantitative estimate of drug-likeness (QED) is 0.704. The maximum Gasteiger partial charge on any atom is 0.222 e. The van der Waals surface area contributed by atoms with E-state index in [-0.39, 0.29) is 12.5 Å². The summed E-state index contributed by atoms with van der Waals surface area (Å²) in [6, 6.07) is 0. The van der Waals surface area contributed by atoms with Gasteiger partial charge in [0.15, 0.2) is 0 Å². The van der Waals surface area contributed by atoms with E-state index in [4.69, 9.17) is 5.11 Å². The van der Waals surface area contributed by atoms with Crippen LogP contribution >= 0.6 is 0 Å². The van der Waals surface area contributed by atoms with Gasteiger partial charge in [-0.25, -0.2) is 9.97 Å². The van der Waals surface area contributed by atoms with Crippen molar-refractivity contribution < 1.29 is 9.90 Å². The molecule has 0 aromatic carbocycles. The van der Waals surface area contributed by atoms with E-state index in [9.17, 15) is 4.79 Å². The lowest BCUT2D eigenvalue weighted by atomic mass is 10.1. The number of fused-ring (bicyclic) bond motifs is 1. The van der Waals surface area contributed by atoms with Crippen LogP contribution in [0.5, 0.6) is 0 Å². The van der Waals surface area contributed by atoms with E-state index >= 15 is 0 Å². The third-order valence-electron chi connectivity index (χ3n) is 4.97. The summed E-state index contributed by atoms with van der Waals surface area (Å²) in [6.45, 7) is 5.85. The van der Waals surface area contributed by atoms with E-state index in [1.54, 1.807) is 6.33 Å². The second-order valence-electron chi connectivity index (χ2n) is 6.60. The van der Waals surface area contributed by atoms with E-state index in [1.807, 2.05) is 18.7 Å². The highest BCUT2D eigenvalue weighted by molar-refractivity contribution is 5.76. The van der Waals surface area contributed by atoms with E-state index in [0.717, 1.165) is 46.9 Å². The summed E-state index contributed by atoms with van der Waals surface area (Å²) >= 11 is 0. The lowest BCUT2D eigenvalue weighted by Crippen LogP contribution is -2.33. The molecule has 26 heavy (non-hydrogen) atoms. The van der Waals surface area contributed by atoms with Gasteiger partial charge in [0.1, 0.15) is 12.1 Å². The number of hydrogen-bond acceptors (Lipinski definition) is 6. The Morgan fingerprint density at radius 1 is 1.31 bits per heavy atom. The number of nitrogens with one attached hydrogen (secondary N) is 2. The van der Waals surface area contributed by atoms with Crippen molar-refractivity contribution in [3.05, 3.63) is 34.5 Å². The van der Waals surface area contributed by atoms with E-state index in [1.165, 1.54) is 0 Å². The number of carbonyl (C=O) groups is 1. The Morgan fingerprint density at radius 2 is 2.12 bits per heavy atom. The van der Waals surface area contributed by atoms with Crippen LogP contribution < -0.4 is 5.32 Å². The minimum absolute atomic E-state index is 0.0511. The molecular weight excluding hydrogens is 332 g/mol. The second-order valence-corrected chi connectivity index (χ2v) is 6.60. The van der Waals surface area contributed by atoms with E-state index < -0.39 is 0 Å². The fourth-order valence-electron chi connectivity index (χ4n) is 3.26. The standard InChI is InChI=1S/C18H26N6O2/c1-12-13(2)22-23-15(12)3-4-17(26)24-8-5-14-16(6-9-24)20-11-21-18(14)19-7-10-25/h11,25H,3-10H2,1-2H3,(H,22,23)(H,19,20,21). The summed E-state index contributed by atoms with van der Waals surface area (Å²) in [6.07, 6.45) is 4.09. The van der Waals surface area contributed by atoms with Crippen molar-refractivity contribution in [3.8, 4) is 0 Å². The average Bonchev–Trinajstić information content (AvgIpc) is 2.85. The molecule has 2 aromatic heterocycles. The molecular formula is C18H26N6O2. The van der Waals surface area contributed by atoms with E-state index in [2.05, 4.69) is 25.5 Å². The first-order valence-corrected chi connectivity index (χ1v) is 9.06. The van der Waals surface area contributed by atoms with Gasteiger partial charge in [-0.3, -0.25) is 9.89 Å². The molecule has 140 valence electrons. The average molecular weight is 358 g/mol. The first kappa shape index (κ1) is 18.3. The normalized spacial score (nSPS) is 14.0. The molecule has 0 atom stereocenters. The van der Waals surface area contributed by atoms with Crippen molar-refractivity contribution in [3.63, 3.8) is 0 Å². The maximum absolute atomic E-state index is 12.7. The zero-order valence-corrected chi connectivity index (χ0v) is 15.4. The van der Waals surface area contributed by atoms with Crippen molar-refractivity contribution in [1.29, 1.82) is 0 Å². The third kappa shape index (κ3) is 4.01. The van der Waals surface area contributed by atoms with Crippen molar-refractivity contribution in [2.45, 2.75) is 39.5 Å². The number of carbonyl (C=O) groups excluding carboxylic acids is 1. The summed E-state index contributed by atoms with van der Waals surface area (Å²) in [5.41, 5.74) is 5.19. The SMILES string of the molecule is Cc1[nH]nc(CCC(=O)N2CCc3ncnc(NCCO)c3CC2)c1C. The Morgan fingerprint density at radius 3 is 2.85 bits per heavy atom. The first-order valence-electron chi connectivity index (χ1n) is 9.06. The molecule has 0 unspecified atom stereocenters. The van der Waals surface area contributed by atoms with Crippen LogP contribution in [0.4, 0.5) is 5.82 Å². The molecule has 2 aromatic rings. The fraction of sp³-hybridized carbons (Fsp3) is 0.556. The molecule has 0 spiro atoms. The van der Waals surface area contributed by atoms with Crippen LogP contribution in [-0.4, -0.2) is 62.3 Å². The highest BCUT2D eigenvalue weighted by atomic mass is 16.3. The van der Waals surface area contributed by atoms with Gasteiger partial charge in [-0.1, -0.05) is 0 Å². The molecule has 0 saturated carbocycles. The van der Waals surface area contributed by atoms with Crippen molar-refractivity contribution in [2.24, 2.45) is 0 Å². The van der Waals surface area contributed by atoms with Crippen LogP contribution in [0.15, 0.2) is 6.33 Å². The monoisotopic (exact) mass is 358 g/mol. The molecule has 1 aliphatic rings. The number of aliphatic hydroxyl groups is 1. The van der Waals surface area contributed by atoms with Gasteiger partial charge in [-0.2, -0.15) is 5.10 Å². The van der Waals surface area contributed by atoms with Gasteiger partial charge in [0.25, 0.3) is 0 Å². The Balaban J connectivity index is 1.61. The van der Waals surface area contributed by atoms with Crippen molar-refractivity contribution in [1.82, 2.24) is 25.1 Å². The van der Waals surface area contributed by atoms with Gasteiger partial charge in [0, 0.05) is 50.2 Å². The van der Waals surface area contributed by atoms with Gasteiger partial charge in [-0.15, -0.1) is 0 Å². The topological polar surface area (TPSA) is 107 Å². The number of anilines is 1. The molecule has 0 saturated heterocycles. The number of rotatable bonds is 6. The highest BCUT2D eigenvalue weighted by Gasteiger charge is 2.22. The highest BCUT2D eigenvalue weighted by Crippen LogP contribution is 2.21. The van der Waals surface area contributed by atoms with Gasteiger partial charge in [0.05, 0.1) is 18.0 Å². The summed E-state index contributed by atoms with van der Waals surface area (Å²) in [7, 11) is 0. The Labute approximate surface area is 153 Å². The maximum atomic E-state index is 12.7. The summed E-state index contributed by atoms with van der Waals surface area (Å²) < 4.78 is 0. The number of hydrogen-bond donors (Lipinski definition) is 3. The Kier molecular flexibility index (Phi) is 5.82.